The number of benzene rings is 2. The first-order valence-corrected chi connectivity index (χ1v) is 5.62. The maximum absolute atomic E-state index is 13.4. The van der Waals surface area contributed by atoms with Gasteiger partial charge >= 0.3 is 0 Å². The van der Waals surface area contributed by atoms with Crippen molar-refractivity contribution in [3.05, 3.63) is 53.8 Å². The Morgan fingerprint density at radius 2 is 1.78 bits per heavy atom. The Kier molecular flexibility index (Phi) is 3.48. The molecule has 0 aliphatic rings. The van der Waals surface area contributed by atoms with Crippen molar-refractivity contribution in [2.75, 3.05) is 11.9 Å². The van der Waals surface area contributed by atoms with Crippen LogP contribution in [0.1, 0.15) is 5.56 Å². The zero-order chi connectivity index (χ0) is 13.1. The van der Waals surface area contributed by atoms with Crippen molar-refractivity contribution in [1.82, 2.24) is 0 Å². The monoisotopic (exact) mass is 246 g/mol. The Balaban J connectivity index is 2.35. The summed E-state index contributed by atoms with van der Waals surface area (Å²) in [5, 5.41) is 9.24. The molecule has 0 aliphatic heterocycles. The molecule has 2 rings (SSSR count). The summed E-state index contributed by atoms with van der Waals surface area (Å²) in [7, 11) is 1.83. The van der Waals surface area contributed by atoms with Crippen molar-refractivity contribution in [3.8, 4) is 5.75 Å². The maximum Gasteiger partial charge on any atom is 0.125 e. The number of hydrogen-bond donors (Lipinski definition) is 2. The van der Waals surface area contributed by atoms with Crippen LogP contribution in [-0.2, 0) is 6.54 Å². The summed E-state index contributed by atoms with van der Waals surface area (Å²) in [6.45, 7) is 0.300. The Morgan fingerprint density at radius 1 is 1.11 bits per heavy atom. The lowest BCUT2D eigenvalue weighted by Crippen LogP contribution is -2.10. The minimum atomic E-state index is -0.307. The van der Waals surface area contributed by atoms with Gasteiger partial charge in [-0.15, -0.1) is 0 Å². The summed E-state index contributed by atoms with van der Waals surface area (Å²) < 4.78 is 13.4. The molecule has 0 fully saturated rings. The van der Waals surface area contributed by atoms with Crippen LogP contribution in [-0.4, -0.2) is 12.2 Å². The molecule has 4 heteroatoms. The molecule has 94 valence electrons. The van der Waals surface area contributed by atoms with Crippen molar-refractivity contribution in [2.24, 2.45) is 5.73 Å². The smallest absolute Gasteiger partial charge is 0.125 e. The predicted molar refractivity (Wildman–Crippen MR) is 70.5 cm³/mol. The molecule has 0 aromatic heterocycles. The Bertz CT molecular complexity index is 540. The van der Waals surface area contributed by atoms with E-state index in [0.29, 0.717) is 6.54 Å². The van der Waals surface area contributed by atoms with Gasteiger partial charge < -0.3 is 15.7 Å². The minimum Gasteiger partial charge on any atom is -0.508 e. The van der Waals surface area contributed by atoms with Gasteiger partial charge in [0.05, 0.1) is 0 Å². The normalized spacial score (nSPS) is 10.4. The Hall–Kier alpha value is -2.07. The molecular formula is C14H15FN2O. The largest absolute Gasteiger partial charge is 0.508 e. The van der Waals surface area contributed by atoms with E-state index < -0.39 is 0 Å². The zero-order valence-electron chi connectivity index (χ0n) is 10.1. The van der Waals surface area contributed by atoms with Crippen LogP contribution < -0.4 is 10.6 Å². The summed E-state index contributed by atoms with van der Waals surface area (Å²) in [6, 6.07) is 11.4. The highest BCUT2D eigenvalue weighted by molar-refractivity contribution is 5.63. The number of aromatic hydroxyl groups is 1. The number of nitrogens with two attached hydrogens (primary N) is 1. The number of phenolic OH excluding ortho intramolecular Hbond substituents is 1. The molecule has 0 aliphatic carbocycles. The van der Waals surface area contributed by atoms with Crippen LogP contribution in [0, 0.1) is 5.82 Å². The van der Waals surface area contributed by atoms with Gasteiger partial charge in [-0.1, -0.05) is 0 Å². The maximum atomic E-state index is 13.4. The number of hydrogen-bond acceptors (Lipinski definition) is 3. The highest BCUT2D eigenvalue weighted by atomic mass is 19.1. The van der Waals surface area contributed by atoms with Gasteiger partial charge in [0.25, 0.3) is 0 Å². The van der Waals surface area contributed by atoms with Gasteiger partial charge in [0.15, 0.2) is 0 Å². The van der Waals surface area contributed by atoms with Crippen molar-refractivity contribution in [1.29, 1.82) is 0 Å². The minimum absolute atomic E-state index is 0.203. The quantitative estimate of drug-likeness (QED) is 0.875. The SMILES string of the molecule is CN(c1ccc(O)cc1)c1cc(F)cc(CN)c1. The van der Waals surface area contributed by atoms with Gasteiger partial charge in [-0.25, -0.2) is 4.39 Å². The van der Waals surface area contributed by atoms with E-state index in [2.05, 4.69) is 0 Å². The van der Waals surface area contributed by atoms with Crippen LogP contribution in [0.5, 0.6) is 5.75 Å². The molecule has 0 atom stereocenters. The topological polar surface area (TPSA) is 49.5 Å². The van der Waals surface area contributed by atoms with Crippen LogP contribution in [0.4, 0.5) is 15.8 Å². The van der Waals surface area contributed by atoms with Crippen molar-refractivity contribution >= 4 is 11.4 Å². The van der Waals surface area contributed by atoms with Gasteiger partial charge in [-0.2, -0.15) is 0 Å². The molecule has 0 bridgehead atoms. The lowest BCUT2D eigenvalue weighted by Gasteiger charge is -2.20. The molecule has 3 nitrogen and oxygen atoms in total. The summed E-state index contributed by atoms with van der Waals surface area (Å²) in [5.74, 6) is -0.104. The molecule has 0 spiro atoms. The van der Waals surface area contributed by atoms with Crippen LogP contribution in [0.25, 0.3) is 0 Å². The fourth-order valence-electron chi connectivity index (χ4n) is 1.77. The molecular weight excluding hydrogens is 231 g/mol. The second-order valence-electron chi connectivity index (χ2n) is 4.10. The summed E-state index contributed by atoms with van der Waals surface area (Å²) in [4.78, 5) is 1.84. The third kappa shape index (κ3) is 2.60. The molecule has 18 heavy (non-hydrogen) atoms. The van der Waals surface area contributed by atoms with E-state index in [1.807, 2.05) is 18.0 Å². The number of nitrogens with zero attached hydrogens (tertiary/aromatic N) is 1. The van der Waals surface area contributed by atoms with Crippen LogP contribution in [0.3, 0.4) is 0 Å². The van der Waals surface area contributed by atoms with Gasteiger partial charge in [0.2, 0.25) is 0 Å². The summed E-state index contributed by atoms with van der Waals surface area (Å²) in [5.41, 5.74) is 7.86. The first-order chi connectivity index (χ1) is 8.60. The molecule has 0 unspecified atom stereocenters. The fraction of sp³-hybridized carbons (Fsp3) is 0.143. The summed E-state index contributed by atoms with van der Waals surface area (Å²) >= 11 is 0. The third-order valence-corrected chi connectivity index (χ3v) is 2.80. The highest BCUT2D eigenvalue weighted by Gasteiger charge is 2.07. The van der Waals surface area contributed by atoms with E-state index in [9.17, 15) is 9.50 Å². The molecule has 0 saturated heterocycles. The van der Waals surface area contributed by atoms with Crippen molar-refractivity contribution in [3.63, 3.8) is 0 Å². The van der Waals surface area contributed by atoms with Crippen molar-refractivity contribution < 1.29 is 9.50 Å². The number of phenols is 1. The second-order valence-corrected chi connectivity index (χ2v) is 4.10. The third-order valence-electron chi connectivity index (χ3n) is 2.80. The highest BCUT2D eigenvalue weighted by Crippen LogP contribution is 2.26. The van der Waals surface area contributed by atoms with E-state index in [-0.39, 0.29) is 11.6 Å². The van der Waals surface area contributed by atoms with E-state index in [4.69, 9.17) is 5.73 Å². The van der Waals surface area contributed by atoms with E-state index in [0.717, 1.165) is 16.9 Å². The molecule has 0 saturated carbocycles. The Labute approximate surface area is 105 Å². The first-order valence-electron chi connectivity index (χ1n) is 5.62. The number of anilines is 2. The molecule has 0 amide bonds. The Morgan fingerprint density at radius 3 is 2.39 bits per heavy atom. The lowest BCUT2D eigenvalue weighted by molar-refractivity contribution is 0.475. The standard InChI is InChI=1S/C14H15FN2O/c1-17(12-2-4-14(18)5-3-12)13-7-10(9-16)6-11(15)8-13/h2-8,18H,9,16H2,1H3. The number of halogens is 1. The zero-order valence-corrected chi connectivity index (χ0v) is 10.1. The number of rotatable bonds is 3. The molecule has 0 heterocycles. The molecule has 3 N–H and O–H groups in total. The predicted octanol–water partition coefficient (Wildman–Crippen LogP) is 2.76. The molecule has 2 aromatic carbocycles. The van der Waals surface area contributed by atoms with Gasteiger partial charge in [-0.05, 0) is 48.0 Å². The first kappa shape index (κ1) is 12.4. The van der Waals surface area contributed by atoms with E-state index >= 15 is 0 Å². The average Bonchev–Trinajstić information content (AvgIpc) is 2.38. The van der Waals surface area contributed by atoms with Gasteiger partial charge in [0.1, 0.15) is 11.6 Å². The van der Waals surface area contributed by atoms with Gasteiger partial charge in [-0.3, -0.25) is 0 Å². The van der Waals surface area contributed by atoms with Gasteiger partial charge in [0, 0.05) is 25.0 Å². The van der Waals surface area contributed by atoms with Crippen LogP contribution in [0.15, 0.2) is 42.5 Å². The molecule has 0 radical (unpaired) electrons. The fourth-order valence-corrected chi connectivity index (χ4v) is 1.77. The molecule has 2 aromatic rings. The summed E-state index contributed by atoms with van der Waals surface area (Å²) in [6.07, 6.45) is 0. The lowest BCUT2D eigenvalue weighted by atomic mass is 10.1. The van der Waals surface area contributed by atoms with E-state index in [1.165, 1.54) is 12.1 Å². The average molecular weight is 246 g/mol. The van der Waals surface area contributed by atoms with Crippen LogP contribution in [0.2, 0.25) is 0 Å². The van der Waals surface area contributed by atoms with Crippen LogP contribution >= 0.6 is 0 Å². The van der Waals surface area contributed by atoms with Crippen molar-refractivity contribution in [2.45, 2.75) is 6.54 Å². The van der Waals surface area contributed by atoms with E-state index in [1.54, 1.807) is 24.3 Å². The second kappa shape index (κ2) is 5.06.